The molecule has 0 radical (unpaired) electrons. The maximum atomic E-state index is 12.3. The van der Waals surface area contributed by atoms with Gasteiger partial charge in [-0.15, -0.1) is 0 Å². The molecule has 3 rings (SSSR count). The number of hydrogen-bond acceptors (Lipinski definition) is 3. The smallest absolute Gasteiger partial charge is 0.254 e. The van der Waals surface area contributed by atoms with Gasteiger partial charge in [0.15, 0.2) is 5.78 Å². The number of nitrogens with zero attached hydrogens (tertiary/aromatic N) is 1. The second kappa shape index (κ2) is 3.96. The van der Waals surface area contributed by atoms with E-state index < -0.39 is 0 Å². The molecule has 2 unspecified atom stereocenters. The Morgan fingerprint density at radius 2 is 2.06 bits per heavy atom. The molecule has 2 heterocycles. The SMILES string of the molecule is O=C1CN(C(=O)c2ccccc2)C2CCNC12. The van der Waals surface area contributed by atoms with Gasteiger partial charge in [0, 0.05) is 5.56 Å². The predicted octanol–water partition coefficient (Wildman–Crippen LogP) is 0.442. The molecule has 2 fully saturated rings. The summed E-state index contributed by atoms with van der Waals surface area (Å²) < 4.78 is 0. The van der Waals surface area contributed by atoms with Crippen molar-refractivity contribution in [1.29, 1.82) is 0 Å². The van der Waals surface area contributed by atoms with Crippen LogP contribution in [-0.4, -0.2) is 41.8 Å². The van der Waals surface area contributed by atoms with E-state index in [0.29, 0.717) is 5.56 Å². The topological polar surface area (TPSA) is 49.4 Å². The van der Waals surface area contributed by atoms with E-state index in [4.69, 9.17) is 0 Å². The first-order valence-electron chi connectivity index (χ1n) is 5.89. The van der Waals surface area contributed by atoms with Crippen molar-refractivity contribution in [2.45, 2.75) is 18.5 Å². The molecule has 1 aromatic carbocycles. The highest BCUT2D eigenvalue weighted by atomic mass is 16.2. The van der Waals surface area contributed by atoms with E-state index in [9.17, 15) is 9.59 Å². The number of carbonyl (C=O) groups is 2. The summed E-state index contributed by atoms with van der Waals surface area (Å²) in [5, 5.41) is 3.16. The van der Waals surface area contributed by atoms with Crippen LogP contribution < -0.4 is 5.32 Å². The fraction of sp³-hybridized carbons (Fsp3) is 0.385. The van der Waals surface area contributed by atoms with E-state index in [1.807, 2.05) is 18.2 Å². The highest BCUT2D eigenvalue weighted by Gasteiger charge is 2.45. The summed E-state index contributed by atoms with van der Waals surface area (Å²) in [5.41, 5.74) is 0.660. The van der Waals surface area contributed by atoms with Crippen molar-refractivity contribution in [2.24, 2.45) is 0 Å². The van der Waals surface area contributed by atoms with E-state index >= 15 is 0 Å². The number of carbonyl (C=O) groups excluding carboxylic acids is 2. The second-order valence-electron chi connectivity index (χ2n) is 4.55. The van der Waals surface area contributed by atoms with Gasteiger partial charge in [-0.25, -0.2) is 0 Å². The van der Waals surface area contributed by atoms with Crippen molar-refractivity contribution >= 4 is 11.7 Å². The zero-order chi connectivity index (χ0) is 11.8. The predicted molar refractivity (Wildman–Crippen MR) is 62.7 cm³/mol. The second-order valence-corrected chi connectivity index (χ2v) is 4.55. The largest absolute Gasteiger partial charge is 0.326 e. The average Bonchev–Trinajstić information content (AvgIpc) is 2.94. The zero-order valence-corrected chi connectivity index (χ0v) is 9.43. The van der Waals surface area contributed by atoms with E-state index in [1.165, 1.54) is 0 Å². The number of nitrogens with one attached hydrogen (secondary N) is 1. The van der Waals surface area contributed by atoms with Crippen molar-refractivity contribution in [1.82, 2.24) is 10.2 Å². The van der Waals surface area contributed by atoms with Crippen LogP contribution in [0, 0.1) is 0 Å². The Kier molecular flexibility index (Phi) is 2.44. The minimum absolute atomic E-state index is 0.0323. The first-order valence-corrected chi connectivity index (χ1v) is 5.89. The third-order valence-corrected chi connectivity index (χ3v) is 3.54. The van der Waals surface area contributed by atoms with Crippen LogP contribution in [-0.2, 0) is 4.79 Å². The molecule has 4 heteroatoms. The Bertz CT molecular complexity index is 458. The van der Waals surface area contributed by atoms with Crippen LogP contribution in [0.25, 0.3) is 0 Å². The van der Waals surface area contributed by atoms with Gasteiger partial charge in [-0.3, -0.25) is 9.59 Å². The summed E-state index contributed by atoms with van der Waals surface area (Å²) in [6.07, 6.45) is 0.870. The molecule has 0 aromatic heterocycles. The van der Waals surface area contributed by atoms with E-state index in [-0.39, 0.29) is 30.3 Å². The fourth-order valence-corrected chi connectivity index (χ4v) is 2.71. The number of ketones is 1. The molecular formula is C13H14N2O2. The first kappa shape index (κ1) is 10.5. The van der Waals surface area contributed by atoms with Crippen LogP contribution in [0.15, 0.2) is 30.3 Å². The summed E-state index contributed by atoms with van der Waals surface area (Å²) >= 11 is 0. The lowest BCUT2D eigenvalue weighted by Gasteiger charge is -2.22. The summed E-state index contributed by atoms with van der Waals surface area (Å²) in [7, 11) is 0. The molecule has 4 nitrogen and oxygen atoms in total. The Balaban J connectivity index is 1.86. The lowest BCUT2D eigenvalue weighted by atomic mass is 10.1. The van der Waals surface area contributed by atoms with Crippen molar-refractivity contribution in [3.8, 4) is 0 Å². The summed E-state index contributed by atoms with van der Waals surface area (Å²) in [4.78, 5) is 25.7. The average molecular weight is 230 g/mol. The number of Topliss-reactive ketones (excluding diaryl/α,β-unsaturated/α-hetero) is 1. The van der Waals surface area contributed by atoms with Crippen molar-refractivity contribution in [3.05, 3.63) is 35.9 Å². The third-order valence-electron chi connectivity index (χ3n) is 3.54. The van der Waals surface area contributed by atoms with Gasteiger partial charge in [0.25, 0.3) is 5.91 Å². The van der Waals surface area contributed by atoms with Gasteiger partial charge < -0.3 is 10.2 Å². The van der Waals surface area contributed by atoms with Crippen LogP contribution in [0.5, 0.6) is 0 Å². The number of amides is 1. The highest BCUT2D eigenvalue weighted by molar-refractivity contribution is 6.01. The molecule has 2 saturated heterocycles. The standard InChI is InChI=1S/C13H14N2O2/c16-11-8-15(10-6-7-14-12(10)11)13(17)9-4-2-1-3-5-9/h1-5,10,12,14H,6-8H2. The van der Waals surface area contributed by atoms with Crippen LogP contribution in [0.1, 0.15) is 16.8 Å². The lowest BCUT2D eigenvalue weighted by molar-refractivity contribution is -0.118. The third kappa shape index (κ3) is 1.65. The molecule has 0 saturated carbocycles. The molecular weight excluding hydrogens is 216 g/mol. The molecule has 0 spiro atoms. The monoisotopic (exact) mass is 230 g/mol. The molecule has 1 aromatic rings. The van der Waals surface area contributed by atoms with Crippen LogP contribution >= 0.6 is 0 Å². The number of likely N-dealkylation sites (tertiary alicyclic amines) is 1. The molecule has 17 heavy (non-hydrogen) atoms. The highest BCUT2D eigenvalue weighted by Crippen LogP contribution is 2.24. The Morgan fingerprint density at radius 1 is 1.29 bits per heavy atom. The van der Waals surface area contributed by atoms with Gasteiger partial charge in [-0.1, -0.05) is 18.2 Å². The molecule has 2 atom stereocenters. The Morgan fingerprint density at radius 3 is 2.82 bits per heavy atom. The van der Waals surface area contributed by atoms with Crippen LogP contribution in [0.2, 0.25) is 0 Å². The maximum Gasteiger partial charge on any atom is 0.254 e. The van der Waals surface area contributed by atoms with Gasteiger partial charge in [0.05, 0.1) is 18.6 Å². The minimum atomic E-state index is -0.136. The van der Waals surface area contributed by atoms with Crippen LogP contribution in [0.4, 0.5) is 0 Å². The molecule has 2 aliphatic heterocycles. The summed E-state index contributed by atoms with van der Waals surface area (Å²) in [5.74, 6) is 0.104. The molecule has 0 aliphatic carbocycles. The maximum absolute atomic E-state index is 12.3. The van der Waals surface area contributed by atoms with Crippen molar-refractivity contribution in [3.63, 3.8) is 0 Å². The van der Waals surface area contributed by atoms with E-state index in [2.05, 4.69) is 5.32 Å². The fourth-order valence-electron chi connectivity index (χ4n) is 2.71. The van der Waals surface area contributed by atoms with E-state index in [0.717, 1.165) is 13.0 Å². The normalized spacial score (nSPS) is 27.3. The van der Waals surface area contributed by atoms with Gasteiger partial charge >= 0.3 is 0 Å². The molecule has 0 bridgehead atoms. The van der Waals surface area contributed by atoms with Crippen LogP contribution in [0.3, 0.4) is 0 Å². The van der Waals surface area contributed by atoms with Crippen molar-refractivity contribution in [2.75, 3.05) is 13.1 Å². The Hall–Kier alpha value is -1.68. The van der Waals surface area contributed by atoms with Gasteiger partial charge in [-0.05, 0) is 25.1 Å². The quantitative estimate of drug-likeness (QED) is 0.761. The van der Waals surface area contributed by atoms with E-state index in [1.54, 1.807) is 17.0 Å². The lowest BCUT2D eigenvalue weighted by Crippen LogP contribution is -2.38. The van der Waals surface area contributed by atoms with Gasteiger partial charge in [0.1, 0.15) is 0 Å². The number of rotatable bonds is 1. The van der Waals surface area contributed by atoms with Crippen molar-refractivity contribution < 1.29 is 9.59 Å². The van der Waals surface area contributed by atoms with Gasteiger partial charge in [0.2, 0.25) is 0 Å². The summed E-state index contributed by atoms with van der Waals surface area (Å²) in [6, 6.07) is 9.07. The number of hydrogen-bond donors (Lipinski definition) is 1. The number of fused-ring (bicyclic) bond motifs is 1. The molecule has 88 valence electrons. The van der Waals surface area contributed by atoms with Gasteiger partial charge in [-0.2, -0.15) is 0 Å². The molecule has 1 N–H and O–H groups in total. The Labute approximate surface area is 99.6 Å². The molecule has 1 amide bonds. The summed E-state index contributed by atoms with van der Waals surface area (Å²) in [6.45, 7) is 1.07. The molecule has 2 aliphatic rings. The first-order chi connectivity index (χ1) is 8.27. The minimum Gasteiger partial charge on any atom is -0.326 e. The number of benzene rings is 1. The zero-order valence-electron chi connectivity index (χ0n) is 9.43.